The number of ether oxygens (including phenoxy) is 2. The molecular formula is C20H28N2O5. The Morgan fingerprint density at radius 3 is 2.37 bits per heavy atom. The lowest BCUT2D eigenvalue weighted by Gasteiger charge is -2.29. The average Bonchev–Trinajstić information content (AvgIpc) is 2.99. The Morgan fingerprint density at radius 2 is 1.81 bits per heavy atom. The van der Waals surface area contributed by atoms with Gasteiger partial charge in [0.25, 0.3) is 0 Å². The van der Waals surface area contributed by atoms with Crippen LogP contribution in [0, 0.1) is 0 Å². The van der Waals surface area contributed by atoms with Gasteiger partial charge in [-0.2, -0.15) is 0 Å². The van der Waals surface area contributed by atoms with Gasteiger partial charge in [0.2, 0.25) is 5.60 Å². The average molecular weight is 376 g/mol. The Kier molecular flexibility index (Phi) is 5.82. The predicted octanol–water partition coefficient (Wildman–Crippen LogP) is 3.22. The first kappa shape index (κ1) is 20.7. The molecule has 1 atom stereocenters. The monoisotopic (exact) mass is 376 g/mol. The zero-order valence-corrected chi connectivity index (χ0v) is 16.8. The molecule has 1 aromatic rings. The molecule has 0 aromatic heterocycles. The van der Waals surface area contributed by atoms with Gasteiger partial charge in [-0.25, -0.2) is 9.59 Å². The number of methoxy groups -OCH3 is 1. The van der Waals surface area contributed by atoms with Crippen molar-refractivity contribution in [3.05, 3.63) is 35.9 Å². The number of hydrogen-bond donors (Lipinski definition) is 1. The first-order chi connectivity index (χ1) is 12.5. The van der Waals surface area contributed by atoms with Gasteiger partial charge in [-0.1, -0.05) is 35.5 Å². The first-order valence-corrected chi connectivity index (χ1v) is 8.86. The summed E-state index contributed by atoms with van der Waals surface area (Å²) in [6.45, 7) is 8.94. The van der Waals surface area contributed by atoms with Crippen LogP contribution in [0.2, 0.25) is 0 Å². The molecule has 1 amide bonds. The number of hydrogen-bond acceptors (Lipinski definition) is 6. The Hall–Kier alpha value is -2.57. The topological polar surface area (TPSA) is 86.2 Å². The molecule has 1 aliphatic heterocycles. The lowest BCUT2D eigenvalue weighted by Crippen LogP contribution is -2.52. The van der Waals surface area contributed by atoms with Crippen molar-refractivity contribution >= 4 is 17.8 Å². The summed E-state index contributed by atoms with van der Waals surface area (Å²) in [6.07, 6.45) is -0.0400. The molecule has 0 aliphatic carbocycles. The van der Waals surface area contributed by atoms with Crippen molar-refractivity contribution in [2.45, 2.75) is 64.2 Å². The van der Waals surface area contributed by atoms with Crippen LogP contribution >= 0.6 is 0 Å². The number of benzene rings is 1. The third-order valence-corrected chi connectivity index (χ3v) is 4.21. The Morgan fingerprint density at radius 1 is 1.19 bits per heavy atom. The summed E-state index contributed by atoms with van der Waals surface area (Å²) in [7, 11) is 1.32. The van der Waals surface area contributed by atoms with Crippen molar-refractivity contribution in [1.82, 2.24) is 5.32 Å². The lowest BCUT2D eigenvalue weighted by atomic mass is 9.84. The van der Waals surface area contributed by atoms with Gasteiger partial charge in [-0.15, -0.1) is 0 Å². The SMILES string of the molecule is COC(=O)C1(Cc2ccccc2)CC(C(C)(C)NC(=O)OC(C)(C)C)=NO1. The molecule has 2 rings (SSSR count). The van der Waals surface area contributed by atoms with Gasteiger partial charge in [0.1, 0.15) is 5.60 Å². The molecule has 148 valence electrons. The maximum atomic E-state index is 12.5. The molecule has 7 heteroatoms. The number of rotatable bonds is 5. The Bertz CT molecular complexity index is 722. The van der Waals surface area contributed by atoms with E-state index in [9.17, 15) is 9.59 Å². The smallest absolute Gasteiger partial charge is 0.408 e. The van der Waals surface area contributed by atoms with E-state index in [-0.39, 0.29) is 6.42 Å². The van der Waals surface area contributed by atoms with Crippen molar-refractivity contribution in [1.29, 1.82) is 0 Å². The minimum absolute atomic E-state index is 0.206. The zero-order chi connectivity index (χ0) is 20.3. The fourth-order valence-electron chi connectivity index (χ4n) is 2.83. The summed E-state index contributed by atoms with van der Waals surface area (Å²) in [6, 6.07) is 9.52. The molecular weight excluding hydrogens is 348 g/mol. The summed E-state index contributed by atoms with van der Waals surface area (Å²) in [5.74, 6) is -0.502. The molecule has 7 nitrogen and oxygen atoms in total. The van der Waals surface area contributed by atoms with Crippen LogP contribution in [0.25, 0.3) is 0 Å². The second-order valence-corrected chi connectivity index (χ2v) is 8.21. The van der Waals surface area contributed by atoms with Crippen LogP contribution in [0.4, 0.5) is 4.79 Å². The van der Waals surface area contributed by atoms with Gasteiger partial charge in [0.15, 0.2) is 0 Å². The van der Waals surface area contributed by atoms with Crippen LogP contribution in [-0.4, -0.2) is 41.6 Å². The molecule has 1 aliphatic rings. The molecule has 27 heavy (non-hydrogen) atoms. The number of carbonyl (C=O) groups is 2. The second-order valence-electron chi connectivity index (χ2n) is 8.21. The second kappa shape index (κ2) is 7.58. The summed E-state index contributed by atoms with van der Waals surface area (Å²) in [4.78, 5) is 30.2. The van der Waals surface area contributed by atoms with Crippen LogP contribution in [0.1, 0.15) is 46.6 Å². The minimum Gasteiger partial charge on any atom is -0.466 e. The van der Waals surface area contributed by atoms with Crippen molar-refractivity contribution in [3.8, 4) is 0 Å². The van der Waals surface area contributed by atoms with E-state index in [0.29, 0.717) is 12.1 Å². The third-order valence-electron chi connectivity index (χ3n) is 4.21. The lowest BCUT2D eigenvalue weighted by molar-refractivity contribution is -0.166. The van der Waals surface area contributed by atoms with E-state index < -0.39 is 28.8 Å². The van der Waals surface area contributed by atoms with Crippen molar-refractivity contribution in [3.63, 3.8) is 0 Å². The molecule has 0 saturated carbocycles. The largest absolute Gasteiger partial charge is 0.466 e. The number of esters is 1. The molecule has 0 radical (unpaired) electrons. The van der Waals surface area contributed by atoms with E-state index in [4.69, 9.17) is 14.3 Å². The highest BCUT2D eigenvalue weighted by atomic mass is 16.7. The highest BCUT2D eigenvalue weighted by molar-refractivity contribution is 6.00. The maximum Gasteiger partial charge on any atom is 0.408 e. The minimum atomic E-state index is -1.25. The van der Waals surface area contributed by atoms with Gasteiger partial charge in [0.05, 0.1) is 18.4 Å². The van der Waals surface area contributed by atoms with E-state index in [0.717, 1.165) is 5.56 Å². The number of alkyl carbamates (subject to hydrolysis) is 1. The first-order valence-electron chi connectivity index (χ1n) is 8.86. The van der Waals surface area contributed by atoms with E-state index in [1.54, 1.807) is 34.6 Å². The number of nitrogens with one attached hydrogen (secondary N) is 1. The standard InChI is InChI=1S/C20H28N2O5/c1-18(2,3)26-17(24)21-19(4,5)15-13-20(27-22-15,16(23)25-6)12-14-10-8-7-9-11-14/h7-11H,12-13H2,1-6H3,(H,21,24). The van der Waals surface area contributed by atoms with E-state index in [1.807, 2.05) is 30.3 Å². The van der Waals surface area contributed by atoms with E-state index in [2.05, 4.69) is 10.5 Å². The van der Waals surface area contributed by atoms with Crippen LogP contribution in [0.3, 0.4) is 0 Å². The van der Waals surface area contributed by atoms with Gasteiger partial charge < -0.3 is 19.6 Å². The van der Waals surface area contributed by atoms with Crippen LogP contribution < -0.4 is 5.32 Å². The summed E-state index contributed by atoms with van der Waals surface area (Å²) in [5, 5.41) is 6.91. The molecule has 1 heterocycles. The van der Waals surface area contributed by atoms with Crippen LogP contribution in [0.15, 0.2) is 35.5 Å². The molecule has 1 N–H and O–H groups in total. The fraction of sp³-hybridized carbons (Fsp3) is 0.550. The van der Waals surface area contributed by atoms with Gasteiger partial charge >= 0.3 is 12.1 Å². The van der Waals surface area contributed by atoms with E-state index in [1.165, 1.54) is 7.11 Å². The molecule has 0 spiro atoms. The van der Waals surface area contributed by atoms with Crippen LogP contribution in [0.5, 0.6) is 0 Å². The number of nitrogens with zero attached hydrogens (tertiary/aromatic N) is 1. The van der Waals surface area contributed by atoms with Crippen molar-refractivity contribution < 1.29 is 23.9 Å². The number of carbonyl (C=O) groups excluding carboxylic acids is 2. The van der Waals surface area contributed by atoms with E-state index >= 15 is 0 Å². The number of oxime groups is 1. The summed E-state index contributed by atoms with van der Waals surface area (Å²) in [5.41, 5.74) is -1.25. The number of amides is 1. The molecule has 0 fully saturated rings. The highest BCUT2D eigenvalue weighted by Gasteiger charge is 2.51. The van der Waals surface area contributed by atoms with Crippen molar-refractivity contribution in [2.75, 3.05) is 7.11 Å². The van der Waals surface area contributed by atoms with Crippen LogP contribution in [-0.2, 0) is 25.5 Å². The molecule has 0 saturated heterocycles. The zero-order valence-electron chi connectivity index (χ0n) is 16.8. The molecule has 0 bridgehead atoms. The Balaban J connectivity index is 2.16. The molecule has 1 aromatic carbocycles. The highest BCUT2D eigenvalue weighted by Crippen LogP contribution is 2.33. The molecule has 1 unspecified atom stereocenters. The maximum absolute atomic E-state index is 12.5. The summed E-state index contributed by atoms with van der Waals surface area (Å²) >= 11 is 0. The predicted molar refractivity (Wildman–Crippen MR) is 101 cm³/mol. The Labute approximate surface area is 160 Å². The van der Waals surface area contributed by atoms with Gasteiger partial charge in [0, 0.05) is 12.8 Å². The van der Waals surface area contributed by atoms with Gasteiger partial charge in [-0.05, 0) is 40.2 Å². The third kappa shape index (κ3) is 5.21. The van der Waals surface area contributed by atoms with Gasteiger partial charge in [-0.3, -0.25) is 0 Å². The normalized spacial score (nSPS) is 19.7. The quantitative estimate of drug-likeness (QED) is 0.798. The van der Waals surface area contributed by atoms with Crippen molar-refractivity contribution in [2.24, 2.45) is 5.16 Å². The fourth-order valence-corrected chi connectivity index (χ4v) is 2.83. The summed E-state index contributed by atoms with van der Waals surface area (Å²) < 4.78 is 10.3.